The zero-order valence-corrected chi connectivity index (χ0v) is 12.3. The van der Waals surface area contributed by atoms with Gasteiger partial charge in [-0.2, -0.15) is 0 Å². The summed E-state index contributed by atoms with van der Waals surface area (Å²) in [6.45, 7) is 0.337. The molecule has 0 unspecified atom stereocenters. The normalized spacial score (nSPS) is 10.6. The molecule has 2 N–H and O–H groups in total. The molecule has 0 bridgehead atoms. The fourth-order valence-corrected chi connectivity index (χ4v) is 2.31. The van der Waals surface area contributed by atoms with E-state index in [1.165, 1.54) is 0 Å². The number of nitrogens with one attached hydrogen (secondary N) is 1. The minimum Gasteiger partial charge on any atom is -0.505 e. The van der Waals surface area contributed by atoms with E-state index in [1.54, 1.807) is 30.5 Å². The summed E-state index contributed by atoms with van der Waals surface area (Å²) in [7, 11) is 0. The third-order valence-electron chi connectivity index (χ3n) is 3.35. The molecule has 0 atom stereocenters. The molecule has 0 aliphatic carbocycles. The number of fused-ring (bicyclic) bond motifs is 1. The van der Waals surface area contributed by atoms with Crippen LogP contribution in [0.3, 0.4) is 0 Å². The van der Waals surface area contributed by atoms with Crippen LogP contribution in [-0.2, 0) is 6.54 Å². The number of hydrogen-bond acceptors (Lipinski definition) is 3. The van der Waals surface area contributed by atoms with Crippen LogP contribution in [0.5, 0.6) is 5.75 Å². The monoisotopic (exact) mass is 312 g/mol. The van der Waals surface area contributed by atoms with E-state index in [1.807, 2.05) is 24.3 Å². The molecule has 0 saturated heterocycles. The molecule has 0 aliphatic heterocycles. The summed E-state index contributed by atoms with van der Waals surface area (Å²) in [6, 6.07) is 14.4. The molecule has 5 heteroatoms. The third-order valence-corrected chi connectivity index (χ3v) is 3.61. The molecular weight excluding hydrogens is 300 g/mol. The van der Waals surface area contributed by atoms with E-state index >= 15 is 0 Å². The Balaban J connectivity index is 1.80. The first-order valence-electron chi connectivity index (χ1n) is 6.74. The van der Waals surface area contributed by atoms with E-state index in [0.29, 0.717) is 17.0 Å². The van der Waals surface area contributed by atoms with E-state index in [9.17, 15) is 9.90 Å². The van der Waals surface area contributed by atoms with Crippen molar-refractivity contribution in [1.29, 1.82) is 0 Å². The number of rotatable bonds is 3. The van der Waals surface area contributed by atoms with Gasteiger partial charge in [-0.1, -0.05) is 48.0 Å². The average molecular weight is 313 g/mol. The van der Waals surface area contributed by atoms with Gasteiger partial charge in [0.15, 0.2) is 11.4 Å². The van der Waals surface area contributed by atoms with Crippen molar-refractivity contribution in [2.75, 3.05) is 0 Å². The second kappa shape index (κ2) is 6.03. The number of halogens is 1. The molecule has 0 saturated carbocycles. The Hall–Kier alpha value is -2.59. The van der Waals surface area contributed by atoms with Gasteiger partial charge in [-0.05, 0) is 17.7 Å². The molecule has 1 heterocycles. The predicted octanol–water partition coefficient (Wildman–Crippen LogP) is 3.52. The van der Waals surface area contributed by atoms with Crippen LogP contribution >= 0.6 is 11.6 Å². The molecule has 0 aliphatic rings. The van der Waals surface area contributed by atoms with Crippen molar-refractivity contribution in [1.82, 2.24) is 10.3 Å². The summed E-state index contributed by atoms with van der Waals surface area (Å²) in [5, 5.41) is 15.0. The maximum Gasteiger partial charge on any atom is 0.274 e. The van der Waals surface area contributed by atoms with Gasteiger partial charge in [0, 0.05) is 28.5 Å². The molecule has 110 valence electrons. The van der Waals surface area contributed by atoms with Crippen molar-refractivity contribution < 1.29 is 9.90 Å². The molecule has 3 aromatic rings. The SMILES string of the molecule is O=C(NCc1ccc(Cl)cc1)c1ncc2ccccc2c1O. The Morgan fingerprint density at radius 2 is 1.86 bits per heavy atom. The molecule has 3 rings (SSSR count). The van der Waals surface area contributed by atoms with Crippen molar-refractivity contribution in [3.05, 3.63) is 71.0 Å². The molecule has 2 aromatic carbocycles. The number of aromatic nitrogens is 1. The maximum atomic E-state index is 12.2. The largest absolute Gasteiger partial charge is 0.505 e. The molecule has 0 spiro atoms. The van der Waals surface area contributed by atoms with Crippen LogP contribution in [0.2, 0.25) is 5.02 Å². The second-order valence-electron chi connectivity index (χ2n) is 4.85. The number of hydrogen-bond donors (Lipinski definition) is 2. The number of nitrogens with zero attached hydrogens (tertiary/aromatic N) is 1. The number of amides is 1. The lowest BCUT2D eigenvalue weighted by Crippen LogP contribution is -2.23. The first-order chi connectivity index (χ1) is 10.6. The summed E-state index contributed by atoms with van der Waals surface area (Å²) in [5.41, 5.74) is 0.936. The molecule has 22 heavy (non-hydrogen) atoms. The summed E-state index contributed by atoms with van der Waals surface area (Å²) < 4.78 is 0. The minimum atomic E-state index is -0.418. The summed E-state index contributed by atoms with van der Waals surface area (Å²) in [4.78, 5) is 16.2. The number of benzene rings is 2. The average Bonchev–Trinajstić information content (AvgIpc) is 2.55. The van der Waals surface area contributed by atoms with Gasteiger partial charge < -0.3 is 10.4 Å². The zero-order chi connectivity index (χ0) is 15.5. The van der Waals surface area contributed by atoms with Gasteiger partial charge in [-0.15, -0.1) is 0 Å². The lowest BCUT2D eigenvalue weighted by Gasteiger charge is -2.08. The van der Waals surface area contributed by atoms with Crippen LogP contribution in [0.25, 0.3) is 10.8 Å². The Morgan fingerprint density at radius 3 is 2.64 bits per heavy atom. The fraction of sp³-hybridized carbons (Fsp3) is 0.0588. The van der Waals surface area contributed by atoms with Crippen LogP contribution < -0.4 is 5.32 Å². The number of pyridine rings is 1. The lowest BCUT2D eigenvalue weighted by molar-refractivity contribution is 0.0943. The highest BCUT2D eigenvalue weighted by Crippen LogP contribution is 2.26. The van der Waals surface area contributed by atoms with Crippen molar-refractivity contribution in [3.8, 4) is 5.75 Å². The van der Waals surface area contributed by atoms with Crippen molar-refractivity contribution >= 4 is 28.3 Å². The van der Waals surface area contributed by atoms with Gasteiger partial charge >= 0.3 is 0 Å². The predicted molar refractivity (Wildman–Crippen MR) is 86.0 cm³/mol. The highest BCUT2D eigenvalue weighted by Gasteiger charge is 2.15. The van der Waals surface area contributed by atoms with Gasteiger partial charge in [0.25, 0.3) is 5.91 Å². The molecule has 1 amide bonds. The van der Waals surface area contributed by atoms with Gasteiger partial charge in [0.05, 0.1) is 0 Å². The van der Waals surface area contributed by atoms with Crippen LogP contribution in [-0.4, -0.2) is 16.0 Å². The van der Waals surface area contributed by atoms with Crippen LogP contribution in [0.15, 0.2) is 54.7 Å². The molecule has 0 fully saturated rings. The Morgan fingerprint density at radius 1 is 1.14 bits per heavy atom. The number of aromatic hydroxyl groups is 1. The van der Waals surface area contributed by atoms with Gasteiger partial charge in [0.2, 0.25) is 0 Å². The first-order valence-corrected chi connectivity index (χ1v) is 7.12. The standard InChI is InChI=1S/C17H13ClN2O2/c18-13-7-5-11(6-8-13)9-20-17(22)15-16(21)14-4-2-1-3-12(14)10-19-15/h1-8,10,21H,9H2,(H,20,22). The highest BCUT2D eigenvalue weighted by atomic mass is 35.5. The zero-order valence-electron chi connectivity index (χ0n) is 11.6. The Kier molecular flexibility index (Phi) is 3.94. The van der Waals surface area contributed by atoms with Crippen molar-refractivity contribution in [2.24, 2.45) is 0 Å². The van der Waals surface area contributed by atoms with Crippen LogP contribution in [0, 0.1) is 0 Å². The van der Waals surface area contributed by atoms with E-state index in [2.05, 4.69) is 10.3 Å². The van der Waals surface area contributed by atoms with Crippen molar-refractivity contribution in [2.45, 2.75) is 6.54 Å². The summed E-state index contributed by atoms with van der Waals surface area (Å²) in [5.74, 6) is -0.523. The Labute approximate surface area is 132 Å². The van der Waals surface area contributed by atoms with Crippen LogP contribution in [0.4, 0.5) is 0 Å². The quantitative estimate of drug-likeness (QED) is 0.778. The lowest BCUT2D eigenvalue weighted by atomic mass is 10.1. The van der Waals surface area contributed by atoms with Crippen molar-refractivity contribution in [3.63, 3.8) is 0 Å². The third kappa shape index (κ3) is 2.87. The molecular formula is C17H13ClN2O2. The van der Waals surface area contributed by atoms with Gasteiger partial charge in [-0.3, -0.25) is 4.79 Å². The minimum absolute atomic E-state index is 0.0210. The molecule has 4 nitrogen and oxygen atoms in total. The summed E-state index contributed by atoms with van der Waals surface area (Å²) in [6.07, 6.45) is 1.58. The maximum absolute atomic E-state index is 12.2. The number of carbonyl (C=O) groups is 1. The fourth-order valence-electron chi connectivity index (χ4n) is 2.18. The molecule has 0 radical (unpaired) electrons. The first kappa shape index (κ1) is 14.4. The smallest absolute Gasteiger partial charge is 0.274 e. The highest BCUT2D eigenvalue weighted by molar-refractivity contribution is 6.30. The van der Waals surface area contributed by atoms with E-state index in [-0.39, 0.29) is 11.4 Å². The van der Waals surface area contributed by atoms with Gasteiger partial charge in [-0.25, -0.2) is 4.98 Å². The topological polar surface area (TPSA) is 62.2 Å². The van der Waals surface area contributed by atoms with Gasteiger partial charge in [0.1, 0.15) is 0 Å². The van der Waals surface area contributed by atoms with E-state index in [4.69, 9.17) is 11.6 Å². The Bertz CT molecular complexity index is 832. The second-order valence-corrected chi connectivity index (χ2v) is 5.29. The number of carbonyl (C=O) groups excluding carboxylic acids is 1. The van der Waals surface area contributed by atoms with E-state index < -0.39 is 5.91 Å². The molecule has 1 aromatic heterocycles. The van der Waals surface area contributed by atoms with Crippen LogP contribution in [0.1, 0.15) is 16.1 Å². The van der Waals surface area contributed by atoms with E-state index in [0.717, 1.165) is 10.9 Å². The summed E-state index contributed by atoms with van der Waals surface area (Å²) >= 11 is 5.82.